The SMILES string of the molecule is CN1CCCN=C1NCc1cc([N+](=O)[O-])cc(C(F)(F)F)c1. The van der Waals surface area contributed by atoms with E-state index in [9.17, 15) is 23.3 Å². The van der Waals surface area contributed by atoms with Gasteiger partial charge in [-0.25, -0.2) is 0 Å². The molecule has 1 aromatic rings. The largest absolute Gasteiger partial charge is 0.416 e. The van der Waals surface area contributed by atoms with Gasteiger partial charge in [0.2, 0.25) is 0 Å². The van der Waals surface area contributed by atoms with Crippen molar-refractivity contribution < 1.29 is 18.1 Å². The van der Waals surface area contributed by atoms with Crippen LogP contribution in [0.4, 0.5) is 18.9 Å². The Morgan fingerprint density at radius 3 is 2.73 bits per heavy atom. The zero-order valence-electron chi connectivity index (χ0n) is 11.9. The van der Waals surface area contributed by atoms with Crippen molar-refractivity contribution in [2.24, 2.45) is 4.99 Å². The topological polar surface area (TPSA) is 70.8 Å². The highest BCUT2D eigenvalue weighted by Gasteiger charge is 2.32. The summed E-state index contributed by atoms with van der Waals surface area (Å²) in [6.45, 7) is 1.48. The minimum absolute atomic E-state index is 0.0356. The van der Waals surface area contributed by atoms with Crippen LogP contribution < -0.4 is 5.32 Å². The van der Waals surface area contributed by atoms with E-state index in [1.165, 1.54) is 0 Å². The zero-order chi connectivity index (χ0) is 16.3. The number of aliphatic imine (C=N–C) groups is 1. The number of nitrogens with zero attached hydrogens (tertiary/aromatic N) is 3. The van der Waals surface area contributed by atoms with Crippen LogP contribution in [0.2, 0.25) is 0 Å². The number of rotatable bonds is 3. The van der Waals surface area contributed by atoms with Crippen LogP contribution in [0.5, 0.6) is 0 Å². The molecule has 0 radical (unpaired) electrons. The highest BCUT2D eigenvalue weighted by molar-refractivity contribution is 5.80. The van der Waals surface area contributed by atoms with Gasteiger partial charge in [0.1, 0.15) is 0 Å². The van der Waals surface area contributed by atoms with Crippen LogP contribution in [0.15, 0.2) is 23.2 Å². The van der Waals surface area contributed by atoms with Crippen molar-refractivity contribution in [1.82, 2.24) is 10.2 Å². The normalized spacial score (nSPS) is 15.5. The summed E-state index contributed by atoms with van der Waals surface area (Å²) in [5.74, 6) is 0.575. The smallest absolute Gasteiger partial charge is 0.352 e. The number of nitro benzene ring substituents is 1. The van der Waals surface area contributed by atoms with E-state index in [-0.39, 0.29) is 12.1 Å². The molecule has 22 heavy (non-hydrogen) atoms. The predicted octanol–water partition coefficient (Wildman–Crippen LogP) is 2.39. The van der Waals surface area contributed by atoms with E-state index in [2.05, 4.69) is 10.3 Å². The molecule has 0 saturated carbocycles. The van der Waals surface area contributed by atoms with Crippen LogP contribution in [0.25, 0.3) is 0 Å². The second kappa shape index (κ2) is 6.20. The summed E-state index contributed by atoms with van der Waals surface area (Å²) in [6.07, 6.45) is -3.71. The van der Waals surface area contributed by atoms with Gasteiger partial charge in [0.25, 0.3) is 5.69 Å². The lowest BCUT2D eigenvalue weighted by Gasteiger charge is -2.25. The van der Waals surface area contributed by atoms with Gasteiger partial charge < -0.3 is 10.2 Å². The number of non-ortho nitro benzene ring substituents is 1. The van der Waals surface area contributed by atoms with E-state index in [4.69, 9.17) is 0 Å². The van der Waals surface area contributed by atoms with Crippen LogP contribution in [0.1, 0.15) is 17.5 Å². The van der Waals surface area contributed by atoms with E-state index >= 15 is 0 Å². The average Bonchev–Trinajstić information content (AvgIpc) is 2.45. The first-order valence-corrected chi connectivity index (χ1v) is 6.62. The summed E-state index contributed by atoms with van der Waals surface area (Å²) in [4.78, 5) is 16.0. The van der Waals surface area contributed by atoms with Crippen molar-refractivity contribution in [2.75, 3.05) is 20.1 Å². The molecule has 0 bridgehead atoms. The van der Waals surface area contributed by atoms with E-state index in [1.807, 2.05) is 11.9 Å². The lowest BCUT2D eigenvalue weighted by atomic mass is 10.1. The molecule has 0 aromatic heterocycles. The fourth-order valence-electron chi connectivity index (χ4n) is 2.14. The van der Waals surface area contributed by atoms with Gasteiger partial charge in [-0.3, -0.25) is 15.1 Å². The summed E-state index contributed by atoms with van der Waals surface area (Å²) in [5.41, 5.74) is -1.42. The number of alkyl halides is 3. The number of nitro groups is 1. The Bertz CT molecular complexity index is 601. The summed E-state index contributed by atoms with van der Waals surface area (Å²) in [5, 5.41) is 13.7. The number of guanidine groups is 1. The molecule has 1 aliphatic heterocycles. The third-order valence-corrected chi connectivity index (χ3v) is 3.24. The van der Waals surface area contributed by atoms with Gasteiger partial charge in [-0.2, -0.15) is 13.2 Å². The molecule has 2 rings (SSSR count). The van der Waals surface area contributed by atoms with Crippen LogP contribution in [-0.4, -0.2) is 35.9 Å². The van der Waals surface area contributed by atoms with Gasteiger partial charge >= 0.3 is 6.18 Å². The van der Waals surface area contributed by atoms with Gasteiger partial charge in [-0.15, -0.1) is 0 Å². The van der Waals surface area contributed by atoms with Crippen LogP contribution in [-0.2, 0) is 12.7 Å². The second-order valence-corrected chi connectivity index (χ2v) is 4.98. The zero-order valence-corrected chi connectivity index (χ0v) is 11.9. The molecule has 1 heterocycles. The molecule has 0 unspecified atom stereocenters. The molecule has 1 N–H and O–H groups in total. The van der Waals surface area contributed by atoms with E-state index < -0.39 is 22.4 Å². The summed E-state index contributed by atoms with van der Waals surface area (Å²) >= 11 is 0. The maximum absolute atomic E-state index is 12.8. The van der Waals surface area contributed by atoms with Crippen LogP contribution >= 0.6 is 0 Å². The third-order valence-electron chi connectivity index (χ3n) is 3.24. The number of benzene rings is 1. The van der Waals surface area contributed by atoms with Crippen molar-refractivity contribution in [2.45, 2.75) is 19.1 Å². The second-order valence-electron chi connectivity index (χ2n) is 4.98. The Balaban J connectivity index is 2.21. The molecule has 0 amide bonds. The lowest BCUT2D eigenvalue weighted by molar-refractivity contribution is -0.385. The Morgan fingerprint density at radius 1 is 1.41 bits per heavy atom. The first-order chi connectivity index (χ1) is 10.3. The lowest BCUT2D eigenvalue weighted by Crippen LogP contribution is -2.41. The van der Waals surface area contributed by atoms with Gasteiger partial charge in [-0.1, -0.05) is 0 Å². The molecular weight excluding hydrogens is 301 g/mol. The maximum Gasteiger partial charge on any atom is 0.416 e. The molecule has 9 heteroatoms. The molecule has 0 fully saturated rings. The Hall–Kier alpha value is -2.32. The van der Waals surface area contributed by atoms with Gasteiger partial charge in [0, 0.05) is 38.8 Å². The highest BCUT2D eigenvalue weighted by atomic mass is 19.4. The Kier molecular flexibility index (Phi) is 4.53. The first kappa shape index (κ1) is 16.1. The monoisotopic (exact) mass is 316 g/mol. The fraction of sp³-hybridized carbons (Fsp3) is 0.462. The molecule has 120 valence electrons. The number of hydrogen-bond acceptors (Lipinski definition) is 5. The van der Waals surface area contributed by atoms with Gasteiger partial charge in [0.05, 0.1) is 10.5 Å². The average molecular weight is 316 g/mol. The fourth-order valence-corrected chi connectivity index (χ4v) is 2.14. The van der Waals surface area contributed by atoms with Gasteiger partial charge in [0.15, 0.2) is 5.96 Å². The maximum atomic E-state index is 12.8. The molecule has 0 atom stereocenters. The molecule has 1 aliphatic rings. The van der Waals surface area contributed by atoms with E-state index in [0.717, 1.165) is 25.1 Å². The van der Waals surface area contributed by atoms with Crippen LogP contribution in [0, 0.1) is 10.1 Å². The first-order valence-electron chi connectivity index (χ1n) is 6.62. The minimum Gasteiger partial charge on any atom is -0.352 e. The minimum atomic E-state index is -4.63. The van der Waals surface area contributed by atoms with Crippen molar-refractivity contribution >= 4 is 11.6 Å². The molecular formula is C13H15F3N4O2. The summed E-state index contributed by atoms with van der Waals surface area (Å²) in [6, 6.07) is 2.57. The van der Waals surface area contributed by atoms with E-state index in [1.54, 1.807) is 0 Å². The molecule has 0 aliphatic carbocycles. The Morgan fingerprint density at radius 2 is 2.14 bits per heavy atom. The van der Waals surface area contributed by atoms with Crippen molar-refractivity contribution in [3.05, 3.63) is 39.4 Å². The van der Waals surface area contributed by atoms with Crippen molar-refractivity contribution in [3.63, 3.8) is 0 Å². The standard InChI is InChI=1S/C13H15F3N4O2/c1-19-4-2-3-17-12(19)18-8-9-5-10(13(14,15)16)7-11(6-9)20(21)22/h5-7H,2-4,8H2,1H3,(H,17,18). The highest BCUT2D eigenvalue weighted by Crippen LogP contribution is 2.32. The Labute approximate surface area is 124 Å². The number of halogens is 3. The number of nitrogens with one attached hydrogen (secondary N) is 1. The molecule has 1 aromatic carbocycles. The van der Waals surface area contributed by atoms with Gasteiger partial charge in [-0.05, 0) is 18.1 Å². The third kappa shape index (κ3) is 3.86. The predicted molar refractivity (Wildman–Crippen MR) is 74.5 cm³/mol. The van der Waals surface area contributed by atoms with Crippen LogP contribution in [0.3, 0.4) is 0 Å². The quantitative estimate of drug-likeness (QED) is 0.686. The summed E-state index contributed by atoms with van der Waals surface area (Å²) in [7, 11) is 1.82. The summed E-state index contributed by atoms with van der Waals surface area (Å²) < 4.78 is 38.4. The molecule has 0 spiro atoms. The molecule has 0 saturated heterocycles. The number of hydrogen-bond donors (Lipinski definition) is 1. The molecule has 6 nitrogen and oxygen atoms in total. The van der Waals surface area contributed by atoms with E-state index in [0.29, 0.717) is 18.6 Å². The van der Waals surface area contributed by atoms with Crippen molar-refractivity contribution in [1.29, 1.82) is 0 Å². The van der Waals surface area contributed by atoms with Crippen molar-refractivity contribution in [3.8, 4) is 0 Å².